The van der Waals surface area contributed by atoms with E-state index >= 15 is 0 Å². The summed E-state index contributed by atoms with van der Waals surface area (Å²) in [6, 6.07) is 21.5. The maximum atomic E-state index is 12.9. The summed E-state index contributed by atoms with van der Waals surface area (Å²) in [6.07, 6.45) is 4.78. The molecule has 0 spiro atoms. The van der Waals surface area contributed by atoms with Crippen LogP contribution in [-0.2, 0) is 0 Å². The van der Waals surface area contributed by atoms with Gasteiger partial charge in [-0.1, -0.05) is 42.5 Å². The number of carbonyl (C=O) groups is 2. The summed E-state index contributed by atoms with van der Waals surface area (Å²) in [4.78, 5) is 32.9. The molecule has 2 N–H and O–H groups in total. The number of carbonyl (C=O) groups excluding carboxylic acids is 1. The molecule has 2 aromatic carbocycles. The van der Waals surface area contributed by atoms with Crippen molar-refractivity contribution in [1.82, 2.24) is 9.97 Å². The Morgan fingerprint density at radius 1 is 0.806 bits per heavy atom. The van der Waals surface area contributed by atoms with Crippen molar-refractivity contribution in [1.29, 1.82) is 0 Å². The van der Waals surface area contributed by atoms with Gasteiger partial charge in [-0.2, -0.15) is 0 Å². The van der Waals surface area contributed by atoms with E-state index in [2.05, 4.69) is 15.3 Å². The normalized spacial score (nSPS) is 10.1. The minimum absolute atomic E-state index is 0. The zero-order valence-corrected chi connectivity index (χ0v) is 15.8. The second-order valence-corrected chi connectivity index (χ2v) is 6.56. The number of rotatable bonds is 5. The average molecular weight is 419 g/mol. The molecule has 0 bridgehead atoms. The van der Waals surface area contributed by atoms with Gasteiger partial charge in [-0.3, -0.25) is 14.8 Å². The summed E-state index contributed by atoms with van der Waals surface area (Å²) in [5, 5.41) is 12.2. The third kappa shape index (κ3) is 5.24. The van der Waals surface area contributed by atoms with Crippen LogP contribution in [0, 0.1) is 0 Å². The Morgan fingerprint density at radius 3 is 2.29 bits per heavy atom. The molecule has 0 aliphatic heterocycles. The van der Waals surface area contributed by atoms with Gasteiger partial charge < -0.3 is 10.4 Å². The molecule has 0 radical (unpaired) electrons. The molecule has 4 aromatic rings. The van der Waals surface area contributed by atoms with E-state index in [0.717, 1.165) is 11.1 Å². The first-order valence-electron chi connectivity index (χ1n) is 9.22. The van der Waals surface area contributed by atoms with Crippen LogP contribution in [0.2, 0.25) is 0 Å². The van der Waals surface area contributed by atoms with E-state index in [-0.39, 0.29) is 40.8 Å². The van der Waals surface area contributed by atoms with Gasteiger partial charge in [-0.05, 0) is 35.9 Å². The van der Waals surface area contributed by atoms with E-state index in [4.69, 9.17) is 0 Å². The van der Waals surface area contributed by atoms with Gasteiger partial charge in [-0.15, -0.1) is 0 Å². The van der Waals surface area contributed by atoms with Crippen LogP contribution >= 0.6 is 0 Å². The number of carboxylic acids is 1. The molecule has 0 unspecified atom stereocenters. The molecule has 31 heavy (non-hydrogen) atoms. The fraction of sp³-hybridized carbons (Fsp3) is 0. The Morgan fingerprint density at radius 2 is 1.58 bits per heavy atom. The summed E-state index contributed by atoms with van der Waals surface area (Å²) >= 11 is 0. The van der Waals surface area contributed by atoms with Crippen molar-refractivity contribution in [2.24, 2.45) is 0 Å². The van der Waals surface area contributed by atoms with E-state index in [0.29, 0.717) is 16.8 Å². The van der Waals surface area contributed by atoms with Crippen LogP contribution in [-0.4, -0.2) is 56.5 Å². The number of aromatic carboxylic acids is 1. The van der Waals surface area contributed by atoms with Crippen molar-refractivity contribution in [3.8, 4) is 22.4 Å². The van der Waals surface area contributed by atoms with Gasteiger partial charge in [0.05, 0.1) is 22.5 Å². The number of nitrogens with zero attached hydrogens (tertiary/aromatic N) is 2. The van der Waals surface area contributed by atoms with E-state index in [9.17, 15) is 14.7 Å². The van der Waals surface area contributed by atoms with E-state index in [1.54, 1.807) is 36.7 Å². The molecule has 0 fully saturated rings. The van der Waals surface area contributed by atoms with E-state index < -0.39 is 11.9 Å². The number of hydrogen-bond donors (Lipinski definition) is 2. The van der Waals surface area contributed by atoms with Gasteiger partial charge in [0, 0.05) is 29.7 Å². The molecule has 0 saturated carbocycles. The summed E-state index contributed by atoms with van der Waals surface area (Å²) < 4.78 is 0. The molecule has 2 aromatic heterocycles. The van der Waals surface area contributed by atoms with Crippen molar-refractivity contribution in [2.75, 3.05) is 5.32 Å². The van der Waals surface area contributed by atoms with Crippen LogP contribution < -0.4 is 5.32 Å². The Kier molecular flexibility index (Phi) is 7.31. The third-order valence-electron chi connectivity index (χ3n) is 4.57. The standard InChI is InChI=1S/C24H17N3O3.Na.H/c28-23(19-12-18(14-25-15-19)16-6-2-1-3-7-16)27-22-13-17(9-10-20(22)24(29)30)21-8-4-5-11-26-21;;/h1-15H,(H,27,28)(H,29,30);;. The summed E-state index contributed by atoms with van der Waals surface area (Å²) in [6.45, 7) is 0. The Labute approximate surface area is 201 Å². The molecular formula is C24H18N3NaO3. The molecule has 0 aliphatic rings. The molecule has 0 atom stereocenters. The molecule has 1 amide bonds. The minimum atomic E-state index is -1.13. The second-order valence-electron chi connectivity index (χ2n) is 6.56. The first-order chi connectivity index (χ1) is 14.6. The zero-order chi connectivity index (χ0) is 20.9. The molecule has 0 aliphatic carbocycles. The molecule has 0 saturated heterocycles. The third-order valence-corrected chi connectivity index (χ3v) is 4.57. The first kappa shape index (κ1) is 22.4. The second kappa shape index (κ2) is 10.1. The predicted molar refractivity (Wildman–Crippen MR) is 121 cm³/mol. The number of pyridine rings is 2. The topological polar surface area (TPSA) is 92.2 Å². The van der Waals surface area contributed by atoms with Crippen LogP contribution in [0.1, 0.15) is 20.7 Å². The summed E-state index contributed by atoms with van der Waals surface area (Å²) in [5.41, 5.74) is 3.63. The van der Waals surface area contributed by atoms with Crippen LogP contribution in [0.25, 0.3) is 22.4 Å². The Bertz CT molecular complexity index is 1220. The first-order valence-corrected chi connectivity index (χ1v) is 9.22. The number of benzene rings is 2. The van der Waals surface area contributed by atoms with Gasteiger partial charge >= 0.3 is 35.5 Å². The van der Waals surface area contributed by atoms with Crippen LogP contribution in [0.4, 0.5) is 5.69 Å². The van der Waals surface area contributed by atoms with Crippen LogP contribution in [0.15, 0.2) is 91.4 Å². The van der Waals surface area contributed by atoms with E-state index in [1.807, 2.05) is 42.5 Å². The molecule has 148 valence electrons. The Balaban J connectivity index is 0.00000272. The van der Waals surface area contributed by atoms with Crippen LogP contribution in [0.5, 0.6) is 0 Å². The Hall–Kier alpha value is -3.32. The van der Waals surface area contributed by atoms with Crippen molar-refractivity contribution in [2.45, 2.75) is 0 Å². The van der Waals surface area contributed by atoms with E-state index in [1.165, 1.54) is 12.3 Å². The number of hydrogen-bond acceptors (Lipinski definition) is 4. The maximum absolute atomic E-state index is 12.9. The number of anilines is 1. The van der Waals surface area contributed by atoms with Crippen molar-refractivity contribution in [3.63, 3.8) is 0 Å². The van der Waals surface area contributed by atoms with Crippen molar-refractivity contribution < 1.29 is 14.7 Å². The number of amides is 1. The predicted octanol–water partition coefficient (Wildman–Crippen LogP) is 4.11. The number of aromatic nitrogens is 2. The van der Waals surface area contributed by atoms with Crippen molar-refractivity contribution in [3.05, 3.63) is 103 Å². The molecule has 4 rings (SSSR count). The van der Waals surface area contributed by atoms with Gasteiger partial charge in [0.1, 0.15) is 0 Å². The zero-order valence-electron chi connectivity index (χ0n) is 15.8. The molecule has 2 heterocycles. The molecular weight excluding hydrogens is 401 g/mol. The molecule has 6 nitrogen and oxygen atoms in total. The van der Waals surface area contributed by atoms with Crippen molar-refractivity contribution >= 4 is 47.1 Å². The average Bonchev–Trinajstić information content (AvgIpc) is 2.80. The summed E-state index contributed by atoms with van der Waals surface area (Å²) in [7, 11) is 0. The van der Waals surface area contributed by atoms with Gasteiger partial charge in [0.15, 0.2) is 0 Å². The molecule has 7 heteroatoms. The SMILES string of the molecule is O=C(Nc1cc(-c2ccccn2)ccc1C(=O)O)c1cncc(-c2ccccc2)c1.[NaH]. The monoisotopic (exact) mass is 419 g/mol. The van der Waals surface area contributed by atoms with Gasteiger partial charge in [-0.25, -0.2) is 4.79 Å². The number of carboxylic acid groups (broad SMARTS) is 1. The fourth-order valence-corrected chi connectivity index (χ4v) is 3.07. The number of nitrogens with one attached hydrogen (secondary N) is 1. The van der Waals surface area contributed by atoms with Gasteiger partial charge in [0.25, 0.3) is 5.91 Å². The summed E-state index contributed by atoms with van der Waals surface area (Å²) in [5.74, 6) is -1.57. The fourth-order valence-electron chi connectivity index (χ4n) is 3.07. The van der Waals surface area contributed by atoms with Crippen LogP contribution in [0.3, 0.4) is 0 Å². The quantitative estimate of drug-likeness (QED) is 0.475. The van der Waals surface area contributed by atoms with Gasteiger partial charge in [0.2, 0.25) is 0 Å².